The molecule has 4 heavy (non-hydrogen) atoms. The van der Waals surface area contributed by atoms with Crippen LogP contribution < -0.4 is 0 Å². The van der Waals surface area contributed by atoms with Gasteiger partial charge < -0.3 is 0 Å². The summed E-state index contributed by atoms with van der Waals surface area (Å²) in [5, 5.41) is 0. The van der Waals surface area contributed by atoms with Crippen LogP contribution in [0.4, 0.5) is 0 Å². The predicted molar refractivity (Wildman–Crippen MR) is 7.59 cm³/mol. The predicted octanol–water partition coefficient (Wildman–Crippen LogP) is 0.641. The van der Waals surface area contributed by atoms with Crippen LogP contribution in [0.5, 0.6) is 0 Å². The summed E-state index contributed by atoms with van der Waals surface area (Å²) in [5.74, 6) is 0. The van der Waals surface area contributed by atoms with Gasteiger partial charge in [-0.3, -0.25) is 0 Å². The summed E-state index contributed by atoms with van der Waals surface area (Å²) in [5.41, 5.74) is 0. The second-order valence-corrected chi connectivity index (χ2v) is 0. The first-order valence-corrected chi connectivity index (χ1v) is 1.60. The van der Waals surface area contributed by atoms with Crippen LogP contribution in [0.15, 0.2) is 0 Å². The van der Waals surface area contributed by atoms with Crippen LogP contribution in [0.2, 0.25) is 0 Å². The quantitative estimate of drug-likeness (QED) is 0.565. The molecule has 0 aliphatic heterocycles. The molecule has 0 atom stereocenters. The molecule has 0 aliphatic carbocycles. The Kier molecular flexibility index (Phi) is 86.6. The summed E-state index contributed by atoms with van der Waals surface area (Å²) in [6.07, 6.45) is 0. The molecule has 0 saturated carbocycles. The van der Waals surface area contributed by atoms with E-state index in [4.69, 9.17) is 0 Å². The zero-order valence-corrected chi connectivity index (χ0v) is 6.32. The Hall–Kier alpha value is 1.91. The van der Waals surface area contributed by atoms with Crippen molar-refractivity contribution in [2.24, 2.45) is 0 Å². The van der Waals surface area contributed by atoms with Crippen LogP contribution >= 0.6 is 10.7 Å². The Bertz CT molecular complexity index is 8.00. The normalized spacial score (nSPS) is 1.50. The van der Waals surface area contributed by atoms with E-state index in [1.807, 2.05) is 0 Å². The van der Waals surface area contributed by atoms with Gasteiger partial charge >= 0.3 is 24.5 Å². The maximum absolute atomic E-state index is 3.71. The average molecular weight is 246 g/mol. The Balaban J connectivity index is -0.00000000500. The van der Waals surface area contributed by atoms with Crippen molar-refractivity contribution >= 4 is 10.7 Å². The standard InChI is InChI=1S/Co.Mo.Ni.S. The van der Waals surface area contributed by atoms with Gasteiger partial charge in [0.1, 0.15) is 0 Å². The minimum atomic E-state index is 0. The zero-order chi connectivity index (χ0) is 2.00. The molecule has 0 heterocycles. The maximum atomic E-state index is 3.71. The number of hydrogen-bond donors (Lipinski definition) is 0. The van der Waals surface area contributed by atoms with Gasteiger partial charge in [0.05, 0.1) is 0 Å². The van der Waals surface area contributed by atoms with Gasteiger partial charge in [0, 0.05) is 37.8 Å². The average Bonchev–Trinajstić information content (AvgIpc) is 1.00. The van der Waals surface area contributed by atoms with Crippen LogP contribution in [0.3, 0.4) is 0 Å². The minimum absolute atomic E-state index is 0. The molecule has 0 aliphatic rings. The van der Waals surface area contributed by atoms with E-state index in [1.54, 1.807) is 0 Å². The van der Waals surface area contributed by atoms with Crippen LogP contribution in [0, 0.1) is 0 Å². The molecule has 1 radical (unpaired) electrons. The molecular weight excluding hydrogens is 246 g/mol. The fourth-order valence-corrected chi connectivity index (χ4v) is 0. The summed E-state index contributed by atoms with van der Waals surface area (Å²) in [6.45, 7) is 0. The van der Waals surface area contributed by atoms with Crippen molar-refractivity contribution in [1.82, 2.24) is 0 Å². The van der Waals surface area contributed by atoms with Crippen LogP contribution in [-0.4, -0.2) is 0 Å². The first-order chi connectivity index (χ1) is 1.00. The van der Waals surface area contributed by atoms with Crippen molar-refractivity contribution in [2.45, 2.75) is 0 Å². The van der Waals surface area contributed by atoms with Crippen molar-refractivity contribution in [3.63, 3.8) is 0 Å². The molecule has 0 rings (SSSR count). The van der Waals surface area contributed by atoms with E-state index in [1.165, 1.54) is 0 Å². The molecule has 0 N–H and O–H groups in total. The van der Waals surface area contributed by atoms with Crippen LogP contribution in [-0.2, 0) is 51.7 Å². The monoisotopic (exact) mass is 247 g/mol. The van der Waals surface area contributed by atoms with Crippen LogP contribution in [0.1, 0.15) is 0 Å². The van der Waals surface area contributed by atoms with Gasteiger partial charge in [-0.05, 0) is 0 Å². The molecule has 0 aromatic heterocycles. The molecule has 0 spiro atoms. The molecule has 4 heteroatoms. The summed E-state index contributed by atoms with van der Waals surface area (Å²) < 4.78 is 0. The van der Waals surface area contributed by atoms with Gasteiger partial charge in [-0.25, -0.2) is 0 Å². The van der Waals surface area contributed by atoms with E-state index in [-0.39, 0.29) is 37.8 Å². The Morgan fingerprint density at radius 3 is 1.25 bits per heavy atom. The second-order valence-electron chi connectivity index (χ2n) is 0. The zero-order valence-electron chi connectivity index (χ0n) is 1.47. The second kappa shape index (κ2) is 20.6. The molecule has 0 unspecified atom stereocenters. The van der Waals surface area contributed by atoms with E-state index >= 15 is 0 Å². The molecule has 0 bridgehead atoms. The van der Waals surface area contributed by atoms with E-state index in [9.17, 15) is 0 Å². The van der Waals surface area contributed by atoms with Gasteiger partial charge in [0.15, 0.2) is 0 Å². The van der Waals surface area contributed by atoms with E-state index in [2.05, 4.69) is 24.5 Å². The fraction of sp³-hybridized carbons (Fsp3) is 0. The molecule has 0 amide bonds. The third-order valence-corrected chi connectivity index (χ3v) is 0. The van der Waals surface area contributed by atoms with E-state index in [0.29, 0.717) is 0 Å². The van der Waals surface area contributed by atoms with Crippen molar-refractivity contribution in [2.75, 3.05) is 0 Å². The third kappa shape index (κ3) is 9.08. The molecule has 0 aromatic carbocycles. The van der Waals surface area contributed by atoms with Gasteiger partial charge in [-0.15, -0.1) is 0 Å². The summed E-state index contributed by atoms with van der Waals surface area (Å²) in [7, 11) is 3.71. The third-order valence-electron chi connectivity index (χ3n) is 0. The number of rotatable bonds is 0. The Morgan fingerprint density at radius 2 is 1.25 bits per heavy atom. The molecule has 0 nitrogen and oxygen atoms in total. The molecule has 0 aromatic rings. The number of hydrogen-bond acceptors (Lipinski definition) is 1. The Labute approximate surface area is 61.9 Å². The van der Waals surface area contributed by atoms with Gasteiger partial charge in [0.2, 0.25) is 0 Å². The molecule has 0 saturated heterocycles. The van der Waals surface area contributed by atoms with Gasteiger partial charge in [-0.1, -0.05) is 0 Å². The van der Waals surface area contributed by atoms with Crippen molar-refractivity contribution in [1.29, 1.82) is 0 Å². The van der Waals surface area contributed by atoms with E-state index < -0.39 is 0 Å². The van der Waals surface area contributed by atoms with Gasteiger partial charge in [0.25, 0.3) is 0 Å². The van der Waals surface area contributed by atoms with E-state index in [0.717, 1.165) is 0 Å². The topological polar surface area (TPSA) is 0 Å². The molecule has 31 valence electrons. The Morgan fingerprint density at radius 1 is 1.25 bits per heavy atom. The van der Waals surface area contributed by atoms with Gasteiger partial charge in [-0.2, -0.15) is 0 Å². The summed E-state index contributed by atoms with van der Waals surface area (Å²) >= 11 is 3.46. The fourth-order valence-electron chi connectivity index (χ4n) is 0. The van der Waals surface area contributed by atoms with Crippen molar-refractivity contribution in [3.8, 4) is 0 Å². The summed E-state index contributed by atoms with van der Waals surface area (Å²) in [6, 6.07) is 0. The molecular formula is CoMoNiS. The SMILES string of the molecule is [Co].[Mo].[S]=[Ni]. The van der Waals surface area contributed by atoms with Crippen molar-refractivity contribution in [3.05, 3.63) is 0 Å². The van der Waals surface area contributed by atoms with Crippen LogP contribution in [0.25, 0.3) is 0 Å². The first kappa shape index (κ1) is 16.8. The molecule has 0 fully saturated rings. The summed E-state index contributed by atoms with van der Waals surface area (Å²) in [4.78, 5) is 0. The van der Waals surface area contributed by atoms with Crippen molar-refractivity contribution < 1.29 is 51.7 Å². The first-order valence-electron chi connectivity index (χ1n) is 0.129.